The molecule has 0 aliphatic heterocycles. The third-order valence-electron chi connectivity index (χ3n) is 3.63. The Kier molecular flexibility index (Phi) is 5.67. The van der Waals surface area contributed by atoms with Gasteiger partial charge in [-0.25, -0.2) is 4.98 Å². The number of carbonyl (C=O) groups excluding carboxylic acids is 2. The Morgan fingerprint density at radius 2 is 1.78 bits per heavy atom. The molecule has 0 saturated heterocycles. The fraction of sp³-hybridized carbons (Fsp3) is 0.294. The van der Waals surface area contributed by atoms with E-state index in [4.69, 9.17) is 0 Å². The number of alkyl halides is 3. The number of aromatic nitrogens is 2. The second kappa shape index (κ2) is 7.60. The number of likely N-dealkylation sites (N-methyl/N-ethyl adjacent to an activating group) is 1. The molecule has 2 rings (SSSR count). The van der Waals surface area contributed by atoms with Gasteiger partial charge in [-0.2, -0.15) is 13.2 Å². The zero-order valence-electron chi connectivity index (χ0n) is 14.7. The van der Waals surface area contributed by atoms with Crippen LogP contribution in [-0.4, -0.2) is 40.8 Å². The first kappa shape index (κ1) is 20.1. The van der Waals surface area contributed by atoms with E-state index in [0.717, 1.165) is 30.3 Å². The molecule has 0 saturated carbocycles. The lowest BCUT2D eigenvalue weighted by Crippen LogP contribution is -2.40. The van der Waals surface area contributed by atoms with Crippen molar-refractivity contribution in [2.24, 2.45) is 0 Å². The Morgan fingerprint density at radius 1 is 1.19 bits per heavy atom. The van der Waals surface area contributed by atoms with Gasteiger partial charge in [-0.1, -0.05) is 12.1 Å². The molecule has 0 spiro atoms. The summed E-state index contributed by atoms with van der Waals surface area (Å²) in [5.41, 5.74) is -1.46. The average Bonchev–Trinajstić information content (AvgIpc) is 2.57. The summed E-state index contributed by atoms with van der Waals surface area (Å²) < 4.78 is 38.2. The fourth-order valence-corrected chi connectivity index (χ4v) is 2.31. The number of H-pyrrole nitrogens is 1. The van der Waals surface area contributed by atoms with Gasteiger partial charge in [-0.3, -0.25) is 14.4 Å². The summed E-state index contributed by atoms with van der Waals surface area (Å²) >= 11 is 0. The predicted molar refractivity (Wildman–Crippen MR) is 89.9 cm³/mol. The molecule has 1 aromatic heterocycles. The van der Waals surface area contributed by atoms with Crippen molar-refractivity contribution in [1.82, 2.24) is 20.2 Å². The van der Waals surface area contributed by atoms with E-state index >= 15 is 0 Å². The maximum Gasteiger partial charge on any atom is 0.416 e. The number of hydrogen-bond donors (Lipinski definition) is 2. The quantitative estimate of drug-likeness (QED) is 0.841. The number of aryl methyl sites for hydroxylation is 1. The number of amides is 2. The van der Waals surface area contributed by atoms with Crippen LogP contribution >= 0.6 is 0 Å². The maximum atomic E-state index is 12.7. The zero-order chi connectivity index (χ0) is 20.4. The molecule has 2 aromatic rings. The lowest BCUT2D eigenvalue weighted by Gasteiger charge is -2.22. The minimum absolute atomic E-state index is 0.164. The average molecular weight is 382 g/mol. The molecule has 144 valence electrons. The second-order valence-electron chi connectivity index (χ2n) is 5.97. The number of benzene rings is 1. The molecule has 1 heterocycles. The number of hydrogen-bond acceptors (Lipinski definition) is 4. The molecular formula is C17H17F3N4O3. The molecule has 10 heteroatoms. The summed E-state index contributed by atoms with van der Waals surface area (Å²) in [6, 6.07) is 3.61. The van der Waals surface area contributed by atoms with Gasteiger partial charge in [0.05, 0.1) is 5.56 Å². The van der Waals surface area contributed by atoms with Crippen molar-refractivity contribution in [2.45, 2.75) is 19.1 Å². The van der Waals surface area contributed by atoms with Gasteiger partial charge >= 0.3 is 6.18 Å². The first-order valence-electron chi connectivity index (χ1n) is 7.76. The third kappa shape index (κ3) is 4.93. The van der Waals surface area contributed by atoms with Gasteiger partial charge in [0, 0.05) is 20.2 Å². The van der Waals surface area contributed by atoms with Crippen LogP contribution in [-0.2, 0) is 11.0 Å². The highest BCUT2D eigenvalue weighted by Crippen LogP contribution is 2.30. The summed E-state index contributed by atoms with van der Waals surface area (Å²) in [5.74, 6) is -1.15. The molecule has 0 bridgehead atoms. The summed E-state index contributed by atoms with van der Waals surface area (Å²) in [4.78, 5) is 43.8. The highest BCUT2D eigenvalue weighted by Gasteiger charge is 2.31. The van der Waals surface area contributed by atoms with E-state index in [9.17, 15) is 27.6 Å². The lowest BCUT2D eigenvalue weighted by atomic mass is 10.0. The molecule has 0 aliphatic rings. The van der Waals surface area contributed by atoms with Crippen molar-refractivity contribution in [2.75, 3.05) is 14.1 Å². The molecule has 1 atom stereocenters. The smallest absolute Gasteiger partial charge is 0.347 e. The van der Waals surface area contributed by atoms with Crippen molar-refractivity contribution in [1.29, 1.82) is 0 Å². The van der Waals surface area contributed by atoms with E-state index in [1.807, 2.05) is 0 Å². The van der Waals surface area contributed by atoms with Crippen molar-refractivity contribution >= 4 is 11.8 Å². The summed E-state index contributed by atoms with van der Waals surface area (Å²) in [6.07, 6.45) is -4.52. The van der Waals surface area contributed by atoms with E-state index in [2.05, 4.69) is 15.3 Å². The van der Waals surface area contributed by atoms with Crippen molar-refractivity contribution in [3.63, 3.8) is 0 Å². The van der Waals surface area contributed by atoms with Crippen molar-refractivity contribution < 1.29 is 22.8 Å². The number of nitrogens with one attached hydrogen (secondary N) is 2. The van der Waals surface area contributed by atoms with Gasteiger partial charge in [0.1, 0.15) is 17.6 Å². The molecule has 0 fully saturated rings. The minimum atomic E-state index is -4.52. The highest BCUT2D eigenvalue weighted by atomic mass is 19.4. The monoisotopic (exact) mass is 382 g/mol. The molecule has 2 N–H and O–H groups in total. The fourth-order valence-electron chi connectivity index (χ4n) is 2.31. The topological polar surface area (TPSA) is 95.2 Å². The SMILES string of the molecule is Cc1nc(C(=O)NC(C(=O)N(C)C)c2ccc(C(F)(F)F)cc2)cc(=O)[nH]1. The molecule has 7 nitrogen and oxygen atoms in total. The van der Waals surface area contributed by atoms with Gasteiger partial charge < -0.3 is 15.2 Å². The zero-order valence-corrected chi connectivity index (χ0v) is 14.7. The third-order valence-corrected chi connectivity index (χ3v) is 3.63. The van der Waals surface area contributed by atoms with Gasteiger partial charge in [0.15, 0.2) is 0 Å². The van der Waals surface area contributed by atoms with E-state index in [0.29, 0.717) is 0 Å². The molecule has 1 unspecified atom stereocenters. The largest absolute Gasteiger partial charge is 0.416 e. The van der Waals surface area contributed by atoms with Crippen LogP contribution in [0.5, 0.6) is 0 Å². The van der Waals surface area contributed by atoms with E-state index in [1.54, 1.807) is 0 Å². The Morgan fingerprint density at radius 3 is 2.26 bits per heavy atom. The van der Waals surface area contributed by atoms with Gasteiger partial charge in [0.25, 0.3) is 11.5 Å². The van der Waals surface area contributed by atoms with Crippen molar-refractivity contribution in [3.8, 4) is 0 Å². The first-order valence-corrected chi connectivity index (χ1v) is 7.76. The van der Waals surface area contributed by atoms with E-state index in [-0.39, 0.29) is 17.1 Å². The number of nitrogens with zero attached hydrogens (tertiary/aromatic N) is 2. The molecule has 0 radical (unpaired) electrons. The molecule has 1 aromatic carbocycles. The minimum Gasteiger partial charge on any atom is -0.347 e. The predicted octanol–water partition coefficient (Wildman–Crippen LogP) is 1.66. The van der Waals surface area contributed by atoms with Crippen LogP contribution < -0.4 is 10.9 Å². The molecule has 27 heavy (non-hydrogen) atoms. The number of rotatable bonds is 4. The molecular weight excluding hydrogens is 365 g/mol. The normalized spacial score (nSPS) is 12.4. The number of halogens is 3. The van der Waals surface area contributed by atoms with Gasteiger partial charge in [-0.05, 0) is 24.6 Å². The standard InChI is InChI=1S/C17H17F3N4O3/c1-9-21-12(8-13(25)22-9)15(26)23-14(16(27)24(2)3)10-4-6-11(7-5-10)17(18,19)20/h4-8,14H,1-3H3,(H,23,26)(H,21,22,25). The molecule has 2 amide bonds. The summed E-state index contributed by atoms with van der Waals surface area (Å²) in [5, 5.41) is 2.42. The Labute approximate surface area is 152 Å². The highest BCUT2D eigenvalue weighted by molar-refractivity contribution is 5.96. The summed E-state index contributed by atoms with van der Waals surface area (Å²) in [7, 11) is 2.89. The number of aromatic amines is 1. The first-order chi connectivity index (χ1) is 12.5. The maximum absolute atomic E-state index is 12.7. The van der Waals surface area contributed by atoms with Crippen LogP contribution in [0.15, 0.2) is 35.1 Å². The molecule has 0 aliphatic carbocycles. The van der Waals surface area contributed by atoms with Crippen LogP contribution in [0.4, 0.5) is 13.2 Å². The van der Waals surface area contributed by atoms with Gasteiger partial charge in [-0.15, -0.1) is 0 Å². The van der Waals surface area contributed by atoms with Crippen LogP contribution in [0.25, 0.3) is 0 Å². The Bertz CT molecular complexity index is 905. The van der Waals surface area contributed by atoms with Crippen molar-refractivity contribution in [3.05, 3.63) is 63.3 Å². The van der Waals surface area contributed by atoms with E-state index < -0.39 is 35.2 Å². The Hall–Kier alpha value is -3.17. The van der Waals surface area contributed by atoms with E-state index in [1.165, 1.54) is 25.9 Å². The summed E-state index contributed by atoms with van der Waals surface area (Å²) in [6.45, 7) is 1.48. The Balaban J connectivity index is 2.36. The second-order valence-corrected chi connectivity index (χ2v) is 5.97. The van der Waals surface area contributed by atoms with Gasteiger partial charge in [0.2, 0.25) is 5.91 Å². The van der Waals surface area contributed by atoms with Crippen LogP contribution in [0, 0.1) is 6.92 Å². The lowest BCUT2D eigenvalue weighted by molar-refractivity contribution is -0.137. The van der Waals surface area contributed by atoms with Crippen LogP contribution in [0.2, 0.25) is 0 Å². The number of carbonyl (C=O) groups is 2. The van der Waals surface area contributed by atoms with Crippen LogP contribution in [0.3, 0.4) is 0 Å². The van der Waals surface area contributed by atoms with Crippen LogP contribution in [0.1, 0.15) is 33.5 Å².